The molecule has 0 aliphatic carbocycles. The molecule has 0 amide bonds. The number of likely N-dealkylation sites (N-methyl/N-ethyl adjacent to an activating group) is 1. The van der Waals surface area contributed by atoms with Crippen LogP contribution < -0.4 is 5.32 Å². The number of nitrogens with zero attached hydrogens (tertiary/aromatic N) is 3. The summed E-state index contributed by atoms with van der Waals surface area (Å²) in [4.78, 5) is 6.53. The number of aromatic nitrogens is 2. The molecule has 1 atom stereocenters. The zero-order valence-electron chi connectivity index (χ0n) is 12.9. The highest BCUT2D eigenvalue weighted by Gasteiger charge is 2.18. The van der Waals surface area contributed by atoms with E-state index in [0.29, 0.717) is 12.0 Å². The molecule has 0 aliphatic heterocycles. The standard InChI is InChI=1S/C14H28N4O/c1-12(2)14(10-17(3)4)18-11-16-9-13(18)8-15-6-7-19-5/h9,11-12,14-15H,6-8,10H2,1-5H3. The van der Waals surface area contributed by atoms with Crippen LogP contribution in [0.4, 0.5) is 0 Å². The van der Waals surface area contributed by atoms with Gasteiger partial charge in [-0.05, 0) is 20.0 Å². The number of imidazole rings is 1. The third-order valence-corrected chi connectivity index (χ3v) is 3.21. The first-order chi connectivity index (χ1) is 9.06. The lowest BCUT2D eigenvalue weighted by molar-refractivity contribution is 0.198. The summed E-state index contributed by atoms with van der Waals surface area (Å²) in [6.45, 7) is 7.98. The first kappa shape index (κ1) is 16.1. The number of nitrogens with one attached hydrogen (secondary N) is 1. The van der Waals surface area contributed by atoms with Crippen LogP contribution in [0.1, 0.15) is 25.6 Å². The molecule has 0 radical (unpaired) electrons. The van der Waals surface area contributed by atoms with Crippen molar-refractivity contribution in [3.8, 4) is 0 Å². The predicted octanol–water partition coefficient (Wildman–Crippen LogP) is 1.38. The second-order valence-electron chi connectivity index (χ2n) is 5.54. The predicted molar refractivity (Wildman–Crippen MR) is 78.2 cm³/mol. The SMILES string of the molecule is COCCNCc1cncn1C(CN(C)C)C(C)C. The second kappa shape index (κ2) is 8.30. The molecule has 1 rings (SSSR count). The Balaban J connectivity index is 2.67. The second-order valence-corrected chi connectivity index (χ2v) is 5.54. The van der Waals surface area contributed by atoms with Crippen LogP contribution in [0.15, 0.2) is 12.5 Å². The zero-order chi connectivity index (χ0) is 14.3. The molecule has 1 aromatic heterocycles. The molecule has 0 aliphatic rings. The summed E-state index contributed by atoms with van der Waals surface area (Å²) < 4.78 is 7.33. The maximum Gasteiger partial charge on any atom is 0.0951 e. The van der Waals surface area contributed by atoms with E-state index in [2.05, 4.69) is 47.7 Å². The lowest BCUT2D eigenvalue weighted by atomic mass is 10.0. The van der Waals surface area contributed by atoms with Gasteiger partial charge < -0.3 is 19.5 Å². The van der Waals surface area contributed by atoms with Gasteiger partial charge in [-0.1, -0.05) is 13.8 Å². The number of hydrogen-bond donors (Lipinski definition) is 1. The Morgan fingerprint density at radius 1 is 1.42 bits per heavy atom. The molecular weight excluding hydrogens is 240 g/mol. The van der Waals surface area contributed by atoms with Crippen LogP contribution in [-0.2, 0) is 11.3 Å². The molecule has 5 nitrogen and oxygen atoms in total. The lowest BCUT2D eigenvalue weighted by Gasteiger charge is -2.27. The van der Waals surface area contributed by atoms with Gasteiger partial charge in [0, 0.05) is 39.0 Å². The highest BCUT2D eigenvalue weighted by Crippen LogP contribution is 2.20. The van der Waals surface area contributed by atoms with Crippen LogP contribution >= 0.6 is 0 Å². The summed E-state index contributed by atoms with van der Waals surface area (Å²) in [6.07, 6.45) is 3.90. The quantitative estimate of drug-likeness (QED) is 0.687. The van der Waals surface area contributed by atoms with Gasteiger partial charge in [-0.15, -0.1) is 0 Å². The molecule has 1 unspecified atom stereocenters. The molecule has 0 fully saturated rings. The molecule has 110 valence electrons. The molecular formula is C14H28N4O. The van der Waals surface area contributed by atoms with Gasteiger partial charge in [0.05, 0.1) is 18.6 Å². The smallest absolute Gasteiger partial charge is 0.0951 e. The molecule has 0 spiro atoms. The van der Waals surface area contributed by atoms with Crippen molar-refractivity contribution in [1.29, 1.82) is 0 Å². The van der Waals surface area contributed by atoms with E-state index in [1.54, 1.807) is 7.11 Å². The number of hydrogen-bond acceptors (Lipinski definition) is 4. The summed E-state index contributed by atoms with van der Waals surface area (Å²) in [5.74, 6) is 0.578. The minimum atomic E-state index is 0.455. The van der Waals surface area contributed by atoms with Crippen LogP contribution in [0.3, 0.4) is 0 Å². The van der Waals surface area contributed by atoms with Crippen LogP contribution in [0.25, 0.3) is 0 Å². The zero-order valence-corrected chi connectivity index (χ0v) is 12.9. The van der Waals surface area contributed by atoms with Gasteiger partial charge in [0.15, 0.2) is 0 Å². The minimum absolute atomic E-state index is 0.455. The Morgan fingerprint density at radius 3 is 2.74 bits per heavy atom. The summed E-state index contributed by atoms with van der Waals surface area (Å²) in [5.41, 5.74) is 1.23. The van der Waals surface area contributed by atoms with Crippen LogP contribution in [0.5, 0.6) is 0 Å². The van der Waals surface area contributed by atoms with Gasteiger partial charge in [-0.2, -0.15) is 0 Å². The Bertz CT molecular complexity index is 349. The average Bonchev–Trinajstić information content (AvgIpc) is 2.79. The molecule has 5 heteroatoms. The normalized spacial score (nSPS) is 13.4. The fourth-order valence-electron chi connectivity index (χ4n) is 2.15. The van der Waals surface area contributed by atoms with E-state index in [-0.39, 0.29) is 0 Å². The largest absolute Gasteiger partial charge is 0.383 e. The third kappa shape index (κ3) is 5.30. The van der Waals surface area contributed by atoms with E-state index in [9.17, 15) is 0 Å². The van der Waals surface area contributed by atoms with Gasteiger partial charge in [-0.25, -0.2) is 4.98 Å². The maximum absolute atomic E-state index is 5.04. The van der Waals surface area contributed by atoms with Gasteiger partial charge in [-0.3, -0.25) is 0 Å². The number of methoxy groups -OCH3 is 1. The van der Waals surface area contributed by atoms with Crippen LogP contribution in [0, 0.1) is 5.92 Å². The Kier molecular flexibility index (Phi) is 7.05. The first-order valence-corrected chi connectivity index (χ1v) is 6.91. The van der Waals surface area contributed by atoms with Crippen molar-refractivity contribution in [3.63, 3.8) is 0 Å². The van der Waals surface area contributed by atoms with E-state index in [0.717, 1.165) is 26.2 Å². The van der Waals surface area contributed by atoms with Crippen LogP contribution in [-0.4, -0.2) is 55.4 Å². The van der Waals surface area contributed by atoms with E-state index in [1.165, 1.54) is 5.69 Å². The molecule has 1 N–H and O–H groups in total. The van der Waals surface area contributed by atoms with Gasteiger partial charge in [0.2, 0.25) is 0 Å². The van der Waals surface area contributed by atoms with E-state index < -0.39 is 0 Å². The topological polar surface area (TPSA) is 42.3 Å². The highest BCUT2D eigenvalue weighted by atomic mass is 16.5. The Morgan fingerprint density at radius 2 is 2.16 bits per heavy atom. The van der Waals surface area contributed by atoms with Crippen molar-refractivity contribution in [2.75, 3.05) is 40.9 Å². The summed E-state index contributed by atoms with van der Waals surface area (Å²) in [6, 6.07) is 0.455. The molecule has 0 bridgehead atoms. The van der Waals surface area contributed by atoms with Gasteiger partial charge in [0.25, 0.3) is 0 Å². The van der Waals surface area contributed by atoms with Crippen molar-refractivity contribution in [2.45, 2.75) is 26.4 Å². The van der Waals surface area contributed by atoms with Crippen LogP contribution in [0.2, 0.25) is 0 Å². The van der Waals surface area contributed by atoms with Crippen molar-refractivity contribution in [2.24, 2.45) is 5.92 Å². The lowest BCUT2D eigenvalue weighted by Crippen LogP contribution is -2.30. The fourth-order valence-corrected chi connectivity index (χ4v) is 2.15. The van der Waals surface area contributed by atoms with Crippen molar-refractivity contribution in [1.82, 2.24) is 19.8 Å². The molecule has 1 heterocycles. The number of rotatable bonds is 9. The Labute approximate surface area is 117 Å². The first-order valence-electron chi connectivity index (χ1n) is 6.91. The average molecular weight is 268 g/mol. The number of ether oxygens (including phenoxy) is 1. The summed E-state index contributed by atoms with van der Waals surface area (Å²) in [7, 11) is 5.95. The van der Waals surface area contributed by atoms with E-state index in [1.807, 2.05) is 12.5 Å². The molecule has 1 aromatic rings. The van der Waals surface area contributed by atoms with Gasteiger partial charge >= 0.3 is 0 Å². The van der Waals surface area contributed by atoms with E-state index >= 15 is 0 Å². The summed E-state index contributed by atoms with van der Waals surface area (Å²) in [5, 5.41) is 3.38. The molecule has 0 aromatic carbocycles. The molecule has 19 heavy (non-hydrogen) atoms. The minimum Gasteiger partial charge on any atom is -0.383 e. The maximum atomic E-state index is 5.04. The van der Waals surface area contributed by atoms with Crippen molar-refractivity contribution in [3.05, 3.63) is 18.2 Å². The Hall–Kier alpha value is -0.910. The van der Waals surface area contributed by atoms with Crippen molar-refractivity contribution < 1.29 is 4.74 Å². The molecule has 0 saturated heterocycles. The summed E-state index contributed by atoms with van der Waals surface area (Å²) >= 11 is 0. The fraction of sp³-hybridized carbons (Fsp3) is 0.786. The molecule has 0 saturated carbocycles. The van der Waals surface area contributed by atoms with Gasteiger partial charge in [0.1, 0.15) is 0 Å². The third-order valence-electron chi connectivity index (χ3n) is 3.21. The monoisotopic (exact) mass is 268 g/mol. The highest BCUT2D eigenvalue weighted by molar-refractivity contribution is 5.01. The van der Waals surface area contributed by atoms with E-state index in [4.69, 9.17) is 4.74 Å². The van der Waals surface area contributed by atoms with Crippen molar-refractivity contribution >= 4 is 0 Å².